The van der Waals surface area contributed by atoms with Gasteiger partial charge in [0.1, 0.15) is 0 Å². The van der Waals surface area contributed by atoms with Gasteiger partial charge in [-0.05, 0) is 55.4 Å². The Morgan fingerprint density at radius 2 is 1.32 bits per heavy atom. The third-order valence-electron chi connectivity index (χ3n) is 4.36. The Hall–Kier alpha value is -1.52. The monoisotopic (exact) mass is 424 g/mol. The van der Waals surface area contributed by atoms with Crippen molar-refractivity contribution in [3.63, 3.8) is 0 Å². The Bertz CT molecular complexity index is 881. The van der Waals surface area contributed by atoms with Gasteiger partial charge in [-0.15, -0.1) is 0 Å². The van der Waals surface area contributed by atoms with E-state index in [0.29, 0.717) is 6.42 Å². The summed E-state index contributed by atoms with van der Waals surface area (Å²) in [5.41, 5.74) is 5.46. The van der Waals surface area contributed by atoms with Crippen molar-refractivity contribution in [2.45, 2.75) is 38.5 Å². The standard InChI is InChI=1S/C20H26O6P2/c1-15(2)14-17-8-12-19(13-9-17)18-10-6-16(7-11-18)4-3-5-20(27(21,22)23)28(24,25)26/h6-14,20H,3-5H2,1-2H3,(H2,21,22,23)(H2,24,25,26). The Labute approximate surface area is 165 Å². The molecule has 28 heavy (non-hydrogen) atoms. The van der Waals surface area contributed by atoms with Gasteiger partial charge in [0.25, 0.3) is 0 Å². The number of hydrogen-bond donors (Lipinski definition) is 4. The van der Waals surface area contributed by atoms with E-state index in [-0.39, 0.29) is 12.8 Å². The zero-order valence-corrected chi connectivity index (χ0v) is 17.7. The molecular weight excluding hydrogens is 398 g/mol. The molecule has 4 N–H and O–H groups in total. The third kappa shape index (κ3) is 6.82. The molecule has 0 aromatic heterocycles. The van der Waals surface area contributed by atoms with Crippen LogP contribution in [0.15, 0.2) is 54.1 Å². The Morgan fingerprint density at radius 1 is 0.857 bits per heavy atom. The van der Waals surface area contributed by atoms with Crippen molar-refractivity contribution in [1.29, 1.82) is 0 Å². The van der Waals surface area contributed by atoms with E-state index in [2.05, 4.69) is 44.2 Å². The summed E-state index contributed by atoms with van der Waals surface area (Å²) in [6, 6.07) is 16.0. The highest BCUT2D eigenvalue weighted by atomic mass is 31.2. The van der Waals surface area contributed by atoms with Crippen molar-refractivity contribution in [3.05, 3.63) is 65.2 Å². The molecule has 6 nitrogen and oxygen atoms in total. The van der Waals surface area contributed by atoms with Crippen LogP contribution in [0, 0.1) is 0 Å². The molecule has 2 rings (SSSR count). The Morgan fingerprint density at radius 3 is 1.75 bits per heavy atom. The van der Waals surface area contributed by atoms with E-state index >= 15 is 0 Å². The fourth-order valence-electron chi connectivity index (χ4n) is 2.99. The summed E-state index contributed by atoms with van der Waals surface area (Å²) in [5.74, 6) is 0. The van der Waals surface area contributed by atoms with Crippen LogP contribution in [-0.4, -0.2) is 25.0 Å². The van der Waals surface area contributed by atoms with Crippen molar-refractivity contribution >= 4 is 21.3 Å². The van der Waals surface area contributed by atoms with Crippen LogP contribution in [0.2, 0.25) is 0 Å². The molecule has 0 aliphatic heterocycles. The largest absolute Gasteiger partial charge is 0.340 e. The van der Waals surface area contributed by atoms with Gasteiger partial charge in [0.05, 0.1) is 0 Å². The first-order chi connectivity index (χ1) is 13.0. The van der Waals surface area contributed by atoms with Gasteiger partial charge in [0.2, 0.25) is 0 Å². The summed E-state index contributed by atoms with van der Waals surface area (Å²) in [6.07, 6.45) is 2.63. The Balaban J connectivity index is 2.00. The molecule has 0 heterocycles. The van der Waals surface area contributed by atoms with Crippen LogP contribution >= 0.6 is 15.2 Å². The van der Waals surface area contributed by atoms with Crippen LogP contribution in [0.3, 0.4) is 0 Å². The second-order valence-electron chi connectivity index (χ2n) is 7.09. The van der Waals surface area contributed by atoms with E-state index in [0.717, 1.165) is 22.3 Å². The first kappa shape index (κ1) is 22.8. The van der Waals surface area contributed by atoms with Gasteiger partial charge in [-0.25, -0.2) is 0 Å². The van der Waals surface area contributed by atoms with Gasteiger partial charge in [0.15, 0.2) is 5.40 Å². The summed E-state index contributed by atoms with van der Waals surface area (Å²) in [6.45, 7) is 4.10. The molecule has 0 amide bonds. The highest BCUT2D eigenvalue weighted by Crippen LogP contribution is 2.61. The van der Waals surface area contributed by atoms with Crippen molar-refractivity contribution in [1.82, 2.24) is 0 Å². The lowest BCUT2D eigenvalue weighted by molar-refractivity contribution is 0.334. The van der Waals surface area contributed by atoms with E-state index in [1.807, 2.05) is 24.3 Å². The summed E-state index contributed by atoms with van der Waals surface area (Å²) in [4.78, 5) is 36.6. The maximum atomic E-state index is 11.3. The highest BCUT2D eigenvalue weighted by molar-refractivity contribution is 7.70. The lowest BCUT2D eigenvalue weighted by Gasteiger charge is -2.19. The molecule has 0 atom stereocenters. The lowest BCUT2D eigenvalue weighted by atomic mass is 10.0. The zero-order valence-electron chi connectivity index (χ0n) is 15.9. The van der Waals surface area contributed by atoms with Gasteiger partial charge < -0.3 is 19.6 Å². The molecule has 2 aromatic rings. The molecule has 2 aromatic carbocycles. The summed E-state index contributed by atoms with van der Waals surface area (Å²) in [5, 5.41) is -1.93. The minimum atomic E-state index is -4.85. The summed E-state index contributed by atoms with van der Waals surface area (Å²) in [7, 11) is -9.69. The summed E-state index contributed by atoms with van der Waals surface area (Å²) >= 11 is 0. The third-order valence-corrected chi connectivity index (χ3v) is 8.23. The quantitative estimate of drug-likeness (QED) is 0.454. The topological polar surface area (TPSA) is 115 Å². The van der Waals surface area contributed by atoms with Gasteiger partial charge >= 0.3 is 15.2 Å². The second-order valence-corrected chi connectivity index (χ2v) is 11.1. The molecule has 0 aliphatic rings. The van der Waals surface area contributed by atoms with Gasteiger partial charge in [-0.1, -0.05) is 60.2 Å². The van der Waals surface area contributed by atoms with Crippen LogP contribution < -0.4 is 0 Å². The van der Waals surface area contributed by atoms with E-state index in [9.17, 15) is 9.13 Å². The molecule has 0 unspecified atom stereocenters. The van der Waals surface area contributed by atoms with E-state index in [4.69, 9.17) is 19.6 Å². The zero-order chi connectivity index (χ0) is 20.9. The molecule has 8 heteroatoms. The van der Waals surface area contributed by atoms with E-state index in [1.54, 1.807) is 0 Å². The van der Waals surface area contributed by atoms with Crippen LogP contribution in [0.25, 0.3) is 17.2 Å². The first-order valence-corrected chi connectivity index (χ1v) is 12.3. The molecule has 152 valence electrons. The molecule has 0 bridgehead atoms. The predicted molar refractivity (Wildman–Crippen MR) is 112 cm³/mol. The second kappa shape index (κ2) is 9.32. The van der Waals surface area contributed by atoms with Crippen molar-refractivity contribution < 1.29 is 28.7 Å². The summed E-state index contributed by atoms with van der Waals surface area (Å²) < 4.78 is 22.6. The number of benzene rings is 2. The fraction of sp³-hybridized carbons (Fsp3) is 0.300. The molecule has 0 saturated carbocycles. The van der Waals surface area contributed by atoms with Crippen LogP contribution in [-0.2, 0) is 15.6 Å². The van der Waals surface area contributed by atoms with Crippen molar-refractivity contribution in [3.8, 4) is 11.1 Å². The number of allylic oxidation sites excluding steroid dienone is 1. The van der Waals surface area contributed by atoms with Gasteiger partial charge in [-0.3, -0.25) is 9.13 Å². The van der Waals surface area contributed by atoms with Gasteiger partial charge in [0, 0.05) is 0 Å². The maximum absolute atomic E-state index is 11.3. The molecule has 0 fully saturated rings. The normalized spacial score (nSPS) is 12.2. The van der Waals surface area contributed by atoms with Crippen molar-refractivity contribution in [2.75, 3.05) is 0 Å². The SMILES string of the molecule is CC(C)=Cc1ccc(-c2ccc(CCCC(P(=O)(O)O)P(=O)(O)O)cc2)cc1. The number of hydrogen-bond acceptors (Lipinski definition) is 2. The minimum absolute atomic E-state index is 0.234. The molecule has 0 spiro atoms. The maximum Gasteiger partial charge on any atom is 0.340 e. The number of rotatable bonds is 8. The molecular formula is C20H26O6P2. The highest BCUT2D eigenvalue weighted by Gasteiger charge is 2.42. The average Bonchev–Trinajstić information content (AvgIpc) is 2.57. The average molecular weight is 424 g/mol. The molecule has 0 aliphatic carbocycles. The van der Waals surface area contributed by atoms with Crippen LogP contribution in [0.1, 0.15) is 37.8 Å². The van der Waals surface area contributed by atoms with Crippen molar-refractivity contribution in [2.24, 2.45) is 0 Å². The first-order valence-electron chi connectivity index (χ1n) is 8.91. The van der Waals surface area contributed by atoms with E-state index in [1.165, 1.54) is 5.57 Å². The van der Waals surface area contributed by atoms with E-state index < -0.39 is 20.6 Å². The lowest BCUT2D eigenvalue weighted by Crippen LogP contribution is -2.09. The number of aryl methyl sites for hydroxylation is 1. The predicted octanol–water partition coefficient (Wildman–Crippen LogP) is 4.78. The molecule has 0 saturated heterocycles. The minimum Gasteiger partial charge on any atom is -0.324 e. The van der Waals surface area contributed by atoms with Gasteiger partial charge in [-0.2, -0.15) is 0 Å². The fourth-order valence-corrected chi connectivity index (χ4v) is 5.60. The smallest absolute Gasteiger partial charge is 0.324 e. The van der Waals surface area contributed by atoms with Crippen LogP contribution in [0.5, 0.6) is 0 Å². The van der Waals surface area contributed by atoms with Crippen LogP contribution in [0.4, 0.5) is 0 Å². The molecule has 0 radical (unpaired) electrons. The Kier molecular flexibility index (Phi) is 7.58.